The minimum absolute atomic E-state index is 0.0109. The number of rotatable bonds is 4. The fourth-order valence-electron chi connectivity index (χ4n) is 2.01. The highest BCUT2D eigenvalue weighted by atomic mass is 32.2. The highest BCUT2D eigenvalue weighted by Gasteiger charge is 2.41. The van der Waals surface area contributed by atoms with Crippen molar-refractivity contribution in [1.29, 1.82) is 0 Å². The van der Waals surface area contributed by atoms with Crippen LogP contribution in [0.2, 0.25) is 0 Å². The first-order chi connectivity index (χ1) is 9.61. The molecule has 0 radical (unpaired) electrons. The molecule has 2 rings (SSSR count). The van der Waals surface area contributed by atoms with Gasteiger partial charge in [0.05, 0.1) is 11.2 Å². The van der Waals surface area contributed by atoms with Crippen LogP contribution in [0.15, 0.2) is 29.2 Å². The van der Waals surface area contributed by atoms with Crippen LogP contribution in [0.3, 0.4) is 0 Å². The summed E-state index contributed by atoms with van der Waals surface area (Å²) in [5.74, 6) is -0.860. The summed E-state index contributed by atoms with van der Waals surface area (Å²) in [6.07, 6.45) is -0.450. The van der Waals surface area contributed by atoms with E-state index in [-0.39, 0.29) is 17.9 Å². The topological polar surface area (TPSA) is 97.8 Å². The van der Waals surface area contributed by atoms with Crippen LogP contribution >= 0.6 is 0 Å². The third-order valence-electron chi connectivity index (χ3n) is 3.02. The van der Waals surface area contributed by atoms with Crippen molar-refractivity contribution in [3.63, 3.8) is 0 Å². The van der Waals surface area contributed by atoms with Crippen molar-refractivity contribution >= 4 is 26.0 Å². The van der Waals surface area contributed by atoms with Gasteiger partial charge in [-0.25, -0.2) is 12.7 Å². The molecule has 0 N–H and O–H groups in total. The summed E-state index contributed by atoms with van der Waals surface area (Å²) >= 11 is 0. The fourth-order valence-corrected chi connectivity index (χ4v) is 4.04. The molecule has 1 amide bonds. The summed E-state index contributed by atoms with van der Waals surface area (Å²) in [7, 11) is -7.81. The van der Waals surface area contributed by atoms with Crippen LogP contribution in [0.5, 0.6) is 0 Å². The lowest BCUT2D eigenvalue weighted by Crippen LogP contribution is -2.36. The van der Waals surface area contributed by atoms with Gasteiger partial charge in [-0.15, -0.1) is 0 Å². The van der Waals surface area contributed by atoms with E-state index in [1.165, 1.54) is 12.1 Å². The third-order valence-corrected chi connectivity index (χ3v) is 5.41. The molecule has 0 spiro atoms. The van der Waals surface area contributed by atoms with Crippen molar-refractivity contribution in [2.45, 2.75) is 24.3 Å². The van der Waals surface area contributed by atoms with Crippen molar-refractivity contribution in [2.24, 2.45) is 0 Å². The van der Waals surface area contributed by atoms with Crippen molar-refractivity contribution in [3.8, 4) is 0 Å². The Morgan fingerprint density at radius 1 is 1.14 bits per heavy atom. The molecule has 116 valence electrons. The van der Waals surface area contributed by atoms with Gasteiger partial charge in [-0.2, -0.15) is 8.42 Å². The summed E-state index contributed by atoms with van der Waals surface area (Å²) in [6.45, 7) is 1.71. The molecule has 1 heterocycles. The van der Waals surface area contributed by atoms with E-state index in [0.29, 0.717) is 4.31 Å². The Hall–Kier alpha value is -1.45. The van der Waals surface area contributed by atoms with Gasteiger partial charge < -0.3 is 0 Å². The summed E-state index contributed by atoms with van der Waals surface area (Å²) < 4.78 is 52.1. The SMILES string of the molecule is Cc1ccc(S(=O)(=O)N2CC[C@@H](OS(C)(=O)=O)C2=O)cc1. The predicted octanol–water partition coefficient (Wildman–Crippen LogP) is 0.261. The summed E-state index contributed by atoms with van der Waals surface area (Å²) in [6, 6.07) is 6.06. The number of nitrogens with zero attached hydrogens (tertiary/aromatic N) is 1. The van der Waals surface area contributed by atoms with E-state index in [9.17, 15) is 21.6 Å². The smallest absolute Gasteiger partial charge is 0.267 e. The molecule has 1 aromatic carbocycles. The zero-order valence-corrected chi connectivity index (χ0v) is 13.1. The predicted molar refractivity (Wildman–Crippen MR) is 74.4 cm³/mol. The molecule has 1 saturated heterocycles. The van der Waals surface area contributed by atoms with Gasteiger partial charge in [-0.3, -0.25) is 8.98 Å². The highest BCUT2D eigenvalue weighted by molar-refractivity contribution is 7.89. The van der Waals surface area contributed by atoms with Gasteiger partial charge in [-0.1, -0.05) is 17.7 Å². The molecule has 0 bridgehead atoms. The first-order valence-corrected chi connectivity index (χ1v) is 9.38. The molecule has 9 heteroatoms. The molecule has 1 aromatic rings. The number of sulfonamides is 1. The lowest BCUT2D eigenvalue weighted by molar-refractivity contribution is -0.129. The van der Waals surface area contributed by atoms with Crippen LogP contribution in [0.1, 0.15) is 12.0 Å². The van der Waals surface area contributed by atoms with E-state index in [1.807, 2.05) is 6.92 Å². The second-order valence-electron chi connectivity index (χ2n) is 4.81. The molecule has 1 fully saturated rings. The number of benzene rings is 1. The molecule has 1 atom stereocenters. The minimum atomic E-state index is -3.98. The number of amides is 1. The number of carbonyl (C=O) groups is 1. The van der Waals surface area contributed by atoms with Gasteiger partial charge >= 0.3 is 0 Å². The summed E-state index contributed by atoms with van der Waals surface area (Å²) in [5.41, 5.74) is 0.889. The van der Waals surface area contributed by atoms with Crippen molar-refractivity contribution < 1.29 is 25.8 Å². The monoisotopic (exact) mass is 333 g/mol. The van der Waals surface area contributed by atoms with Gasteiger partial charge in [0, 0.05) is 13.0 Å². The second-order valence-corrected chi connectivity index (χ2v) is 8.27. The molecular weight excluding hydrogens is 318 g/mol. The quantitative estimate of drug-likeness (QED) is 0.733. The van der Waals surface area contributed by atoms with Gasteiger partial charge in [0.15, 0.2) is 6.10 Å². The standard InChI is InChI=1S/C12H15NO6S2/c1-9-3-5-10(6-4-9)21(17,18)13-8-7-11(12(13)14)19-20(2,15)16/h3-6,11H,7-8H2,1-2H3/t11-/m1/s1. The fraction of sp³-hybridized carbons (Fsp3) is 0.417. The maximum absolute atomic E-state index is 12.4. The highest BCUT2D eigenvalue weighted by Crippen LogP contribution is 2.24. The molecule has 1 aliphatic heterocycles. The van der Waals surface area contributed by atoms with Crippen LogP contribution < -0.4 is 0 Å². The molecule has 0 aromatic heterocycles. The Morgan fingerprint density at radius 3 is 2.24 bits per heavy atom. The maximum Gasteiger partial charge on any atom is 0.267 e. The number of hydrogen-bond donors (Lipinski definition) is 0. The van der Waals surface area contributed by atoms with Gasteiger partial charge in [0.2, 0.25) is 0 Å². The molecule has 21 heavy (non-hydrogen) atoms. The van der Waals surface area contributed by atoms with E-state index >= 15 is 0 Å². The number of aryl methyl sites for hydroxylation is 1. The van der Waals surface area contributed by atoms with Gasteiger partial charge in [-0.05, 0) is 19.1 Å². The zero-order chi connectivity index (χ0) is 15.8. The van der Waals surface area contributed by atoms with E-state index in [2.05, 4.69) is 4.18 Å². The average molecular weight is 333 g/mol. The van der Waals surface area contributed by atoms with Crippen LogP contribution in [-0.4, -0.2) is 46.0 Å². The number of carbonyl (C=O) groups excluding carboxylic acids is 1. The minimum Gasteiger partial charge on any atom is -0.271 e. The first kappa shape index (κ1) is 15.9. The Morgan fingerprint density at radius 2 is 1.71 bits per heavy atom. The van der Waals surface area contributed by atoms with Crippen molar-refractivity contribution in [1.82, 2.24) is 4.31 Å². The molecular formula is C12H15NO6S2. The van der Waals surface area contributed by atoms with Crippen LogP contribution in [0.25, 0.3) is 0 Å². The largest absolute Gasteiger partial charge is 0.271 e. The summed E-state index contributed by atoms with van der Waals surface area (Å²) in [4.78, 5) is 12.0. The molecule has 0 aliphatic carbocycles. The van der Waals surface area contributed by atoms with Crippen molar-refractivity contribution in [3.05, 3.63) is 29.8 Å². The first-order valence-electron chi connectivity index (χ1n) is 6.13. The number of hydrogen-bond acceptors (Lipinski definition) is 6. The summed E-state index contributed by atoms with van der Waals surface area (Å²) in [5, 5.41) is 0. The Balaban J connectivity index is 2.27. The van der Waals surface area contributed by atoms with E-state index in [4.69, 9.17) is 0 Å². The van der Waals surface area contributed by atoms with Crippen molar-refractivity contribution in [2.75, 3.05) is 12.8 Å². The molecule has 7 nitrogen and oxygen atoms in total. The second kappa shape index (κ2) is 5.39. The van der Waals surface area contributed by atoms with Crippen LogP contribution in [0, 0.1) is 6.92 Å². The van der Waals surface area contributed by atoms with Crippen LogP contribution in [0.4, 0.5) is 0 Å². The lowest BCUT2D eigenvalue weighted by atomic mass is 10.2. The Kier molecular flexibility index (Phi) is 4.09. The molecule has 0 saturated carbocycles. The van der Waals surface area contributed by atoms with E-state index in [0.717, 1.165) is 11.8 Å². The lowest BCUT2D eigenvalue weighted by Gasteiger charge is -2.17. The zero-order valence-electron chi connectivity index (χ0n) is 11.5. The molecule has 0 unspecified atom stereocenters. The maximum atomic E-state index is 12.4. The van der Waals surface area contributed by atoms with Gasteiger partial charge in [0.1, 0.15) is 0 Å². The van der Waals surface area contributed by atoms with E-state index in [1.54, 1.807) is 12.1 Å². The normalized spacial score (nSPS) is 20.0. The Labute approximate surface area is 123 Å². The Bertz CT molecular complexity index is 751. The average Bonchev–Trinajstić information content (AvgIpc) is 2.70. The van der Waals surface area contributed by atoms with Gasteiger partial charge in [0.25, 0.3) is 26.0 Å². The van der Waals surface area contributed by atoms with Crippen LogP contribution in [-0.2, 0) is 29.1 Å². The van der Waals surface area contributed by atoms with E-state index < -0.39 is 32.2 Å². The third kappa shape index (κ3) is 3.42. The molecule has 1 aliphatic rings.